The SMILES string of the molecule is CCOc1ccc(C(=O)NNC(=O)COc2ccccc2C)cc1OCC. The lowest BCUT2D eigenvalue weighted by Crippen LogP contribution is -2.43. The Morgan fingerprint density at radius 3 is 2.26 bits per heavy atom. The Morgan fingerprint density at radius 2 is 1.56 bits per heavy atom. The molecule has 0 aliphatic carbocycles. The van der Waals surface area contributed by atoms with Crippen molar-refractivity contribution in [1.29, 1.82) is 0 Å². The van der Waals surface area contributed by atoms with Gasteiger partial charge >= 0.3 is 0 Å². The van der Waals surface area contributed by atoms with Crippen molar-refractivity contribution in [2.24, 2.45) is 0 Å². The molecule has 0 fully saturated rings. The van der Waals surface area contributed by atoms with Gasteiger partial charge in [0.05, 0.1) is 13.2 Å². The minimum Gasteiger partial charge on any atom is -0.490 e. The highest BCUT2D eigenvalue weighted by molar-refractivity contribution is 5.96. The van der Waals surface area contributed by atoms with Crippen molar-refractivity contribution in [3.05, 3.63) is 53.6 Å². The predicted molar refractivity (Wildman–Crippen MR) is 101 cm³/mol. The van der Waals surface area contributed by atoms with Crippen LogP contribution in [0, 0.1) is 6.92 Å². The lowest BCUT2D eigenvalue weighted by Gasteiger charge is -2.13. The summed E-state index contributed by atoms with van der Waals surface area (Å²) in [7, 11) is 0. The quantitative estimate of drug-likeness (QED) is 0.696. The van der Waals surface area contributed by atoms with Crippen LogP contribution < -0.4 is 25.1 Å². The largest absolute Gasteiger partial charge is 0.490 e. The second-order valence-electron chi connectivity index (χ2n) is 5.58. The second kappa shape index (κ2) is 10.1. The van der Waals surface area contributed by atoms with Gasteiger partial charge in [-0.2, -0.15) is 0 Å². The number of hydrogen-bond acceptors (Lipinski definition) is 5. The molecule has 0 unspecified atom stereocenters. The molecule has 0 saturated carbocycles. The fourth-order valence-electron chi connectivity index (χ4n) is 2.29. The molecule has 0 spiro atoms. The van der Waals surface area contributed by atoms with E-state index in [-0.39, 0.29) is 6.61 Å². The first-order chi connectivity index (χ1) is 13.0. The van der Waals surface area contributed by atoms with Gasteiger partial charge in [0.15, 0.2) is 18.1 Å². The summed E-state index contributed by atoms with van der Waals surface area (Å²) >= 11 is 0. The fraction of sp³-hybridized carbons (Fsp3) is 0.300. The third-order valence-electron chi connectivity index (χ3n) is 3.57. The van der Waals surface area contributed by atoms with Gasteiger partial charge in [-0.3, -0.25) is 20.4 Å². The van der Waals surface area contributed by atoms with Crippen LogP contribution in [-0.2, 0) is 4.79 Å². The lowest BCUT2D eigenvalue weighted by molar-refractivity contribution is -0.123. The highest BCUT2D eigenvalue weighted by Crippen LogP contribution is 2.28. The van der Waals surface area contributed by atoms with Crippen LogP contribution in [0.25, 0.3) is 0 Å². The third kappa shape index (κ3) is 5.91. The zero-order valence-electron chi connectivity index (χ0n) is 15.7. The molecule has 2 N–H and O–H groups in total. The van der Waals surface area contributed by atoms with Crippen molar-refractivity contribution in [3.63, 3.8) is 0 Å². The number of amides is 2. The van der Waals surface area contributed by atoms with Crippen molar-refractivity contribution in [3.8, 4) is 17.2 Å². The van der Waals surface area contributed by atoms with Gasteiger partial charge in [-0.15, -0.1) is 0 Å². The Kier molecular flexibility index (Phi) is 7.49. The molecule has 2 aromatic rings. The van der Waals surface area contributed by atoms with Gasteiger partial charge in [0.25, 0.3) is 11.8 Å². The van der Waals surface area contributed by atoms with Gasteiger partial charge in [0, 0.05) is 5.56 Å². The number of nitrogens with one attached hydrogen (secondary N) is 2. The number of benzene rings is 2. The molecule has 0 saturated heterocycles. The van der Waals surface area contributed by atoms with Gasteiger partial charge in [-0.25, -0.2) is 0 Å². The zero-order valence-corrected chi connectivity index (χ0v) is 15.7. The maximum Gasteiger partial charge on any atom is 0.276 e. The van der Waals surface area contributed by atoms with Gasteiger partial charge in [0.2, 0.25) is 0 Å². The summed E-state index contributed by atoms with van der Waals surface area (Å²) < 4.78 is 16.4. The van der Waals surface area contributed by atoms with E-state index in [9.17, 15) is 9.59 Å². The minimum absolute atomic E-state index is 0.210. The van der Waals surface area contributed by atoms with Gasteiger partial charge < -0.3 is 14.2 Å². The molecule has 2 rings (SSSR count). The first-order valence-electron chi connectivity index (χ1n) is 8.72. The number of para-hydroxylation sites is 1. The number of carbonyl (C=O) groups is 2. The first-order valence-corrected chi connectivity index (χ1v) is 8.72. The summed E-state index contributed by atoms with van der Waals surface area (Å²) in [6.07, 6.45) is 0. The van der Waals surface area contributed by atoms with Crippen LogP contribution in [-0.4, -0.2) is 31.6 Å². The summed E-state index contributed by atoms with van der Waals surface area (Å²) in [5.41, 5.74) is 5.94. The van der Waals surface area contributed by atoms with E-state index in [0.29, 0.717) is 36.0 Å². The monoisotopic (exact) mass is 372 g/mol. The molecule has 0 atom stereocenters. The van der Waals surface area contributed by atoms with E-state index in [1.807, 2.05) is 39.0 Å². The Bertz CT molecular complexity index is 792. The number of rotatable bonds is 8. The van der Waals surface area contributed by atoms with Gasteiger partial charge in [-0.1, -0.05) is 18.2 Å². The van der Waals surface area contributed by atoms with Crippen LogP contribution in [0.4, 0.5) is 0 Å². The maximum absolute atomic E-state index is 12.2. The molecular weight excluding hydrogens is 348 g/mol. The van der Waals surface area contributed by atoms with Crippen LogP contribution in [0.3, 0.4) is 0 Å². The van der Waals surface area contributed by atoms with Crippen LogP contribution in [0.1, 0.15) is 29.8 Å². The van der Waals surface area contributed by atoms with E-state index in [1.165, 1.54) is 0 Å². The summed E-state index contributed by atoms with van der Waals surface area (Å²) in [4.78, 5) is 24.1. The molecule has 2 amide bonds. The molecule has 0 aromatic heterocycles. The van der Waals surface area contributed by atoms with Crippen LogP contribution in [0.15, 0.2) is 42.5 Å². The standard InChI is InChI=1S/C20H24N2O5/c1-4-25-17-11-10-15(12-18(17)26-5-2)20(24)22-21-19(23)13-27-16-9-7-6-8-14(16)3/h6-12H,4-5,13H2,1-3H3,(H,21,23)(H,22,24). The van der Waals surface area contributed by atoms with E-state index < -0.39 is 11.8 Å². The Balaban J connectivity index is 1.90. The van der Waals surface area contributed by atoms with Crippen molar-refractivity contribution in [2.45, 2.75) is 20.8 Å². The van der Waals surface area contributed by atoms with Gasteiger partial charge in [0.1, 0.15) is 5.75 Å². The maximum atomic E-state index is 12.2. The van der Waals surface area contributed by atoms with E-state index in [4.69, 9.17) is 14.2 Å². The summed E-state index contributed by atoms with van der Waals surface area (Å²) in [6, 6.07) is 12.2. The van der Waals surface area contributed by atoms with Gasteiger partial charge in [-0.05, 0) is 50.6 Å². The van der Waals surface area contributed by atoms with E-state index in [1.54, 1.807) is 24.3 Å². The van der Waals surface area contributed by atoms with Crippen LogP contribution >= 0.6 is 0 Å². The zero-order chi connectivity index (χ0) is 19.6. The van der Waals surface area contributed by atoms with Crippen molar-refractivity contribution < 1.29 is 23.8 Å². The molecule has 0 aliphatic heterocycles. The molecule has 0 bridgehead atoms. The number of ether oxygens (including phenoxy) is 3. The highest BCUT2D eigenvalue weighted by Gasteiger charge is 2.12. The predicted octanol–water partition coefficient (Wildman–Crippen LogP) is 2.63. The molecule has 7 heteroatoms. The fourth-order valence-corrected chi connectivity index (χ4v) is 2.29. The number of hydrogen-bond donors (Lipinski definition) is 2. The molecule has 0 heterocycles. The molecular formula is C20H24N2O5. The number of hydrazine groups is 1. The summed E-state index contributed by atoms with van der Waals surface area (Å²) in [5.74, 6) is 0.713. The average molecular weight is 372 g/mol. The summed E-state index contributed by atoms with van der Waals surface area (Å²) in [6.45, 7) is 6.32. The Hall–Kier alpha value is -3.22. The van der Waals surface area contributed by atoms with E-state index >= 15 is 0 Å². The van der Waals surface area contributed by atoms with Crippen molar-refractivity contribution >= 4 is 11.8 Å². The molecule has 2 aromatic carbocycles. The first kappa shape index (κ1) is 20.1. The Morgan fingerprint density at radius 1 is 0.852 bits per heavy atom. The average Bonchev–Trinajstić information content (AvgIpc) is 2.67. The van der Waals surface area contributed by atoms with Crippen molar-refractivity contribution in [2.75, 3.05) is 19.8 Å². The smallest absolute Gasteiger partial charge is 0.276 e. The highest BCUT2D eigenvalue weighted by atomic mass is 16.5. The topological polar surface area (TPSA) is 85.9 Å². The molecule has 144 valence electrons. The number of aryl methyl sites for hydroxylation is 1. The van der Waals surface area contributed by atoms with Crippen LogP contribution in [0.5, 0.6) is 17.2 Å². The van der Waals surface area contributed by atoms with E-state index in [2.05, 4.69) is 10.9 Å². The second-order valence-corrected chi connectivity index (χ2v) is 5.58. The van der Waals surface area contributed by atoms with E-state index in [0.717, 1.165) is 5.56 Å². The molecule has 27 heavy (non-hydrogen) atoms. The third-order valence-corrected chi connectivity index (χ3v) is 3.57. The Labute approximate surface area is 158 Å². The van der Waals surface area contributed by atoms with Crippen LogP contribution in [0.2, 0.25) is 0 Å². The molecule has 7 nitrogen and oxygen atoms in total. The number of carbonyl (C=O) groups excluding carboxylic acids is 2. The lowest BCUT2D eigenvalue weighted by atomic mass is 10.2. The summed E-state index contributed by atoms with van der Waals surface area (Å²) in [5, 5.41) is 0. The van der Waals surface area contributed by atoms with Crippen molar-refractivity contribution in [1.82, 2.24) is 10.9 Å². The molecule has 0 radical (unpaired) electrons. The minimum atomic E-state index is -0.470. The normalized spacial score (nSPS) is 10.0. The molecule has 0 aliphatic rings.